The van der Waals surface area contributed by atoms with Crippen LogP contribution in [0.5, 0.6) is 0 Å². The summed E-state index contributed by atoms with van der Waals surface area (Å²) in [6.45, 7) is 5.91. The lowest BCUT2D eigenvalue weighted by Crippen LogP contribution is -2.33. The summed E-state index contributed by atoms with van der Waals surface area (Å²) in [5.41, 5.74) is 0.812. The first-order valence-corrected chi connectivity index (χ1v) is 7.21. The quantitative estimate of drug-likeness (QED) is 0.699. The second-order valence-electron chi connectivity index (χ2n) is 4.49. The summed E-state index contributed by atoms with van der Waals surface area (Å²) < 4.78 is 0. The van der Waals surface area contributed by atoms with Crippen LogP contribution < -0.4 is 5.32 Å². The Morgan fingerprint density at radius 1 is 1.67 bits per heavy atom. The van der Waals surface area contributed by atoms with Gasteiger partial charge in [-0.25, -0.2) is 9.78 Å². The molecule has 0 atom stereocenters. The molecule has 100 valence electrons. The third kappa shape index (κ3) is 3.76. The minimum Gasteiger partial charge on any atom is -0.476 e. The van der Waals surface area contributed by atoms with Crippen LogP contribution in [-0.2, 0) is 6.54 Å². The van der Waals surface area contributed by atoms with Crippen LogP contribution in [0.3, 0.4) is 0 Å². The van der Waals surface area contributed by atoms with Crippen molar-refractivity contribution in [3.05, 3.63) is 16.1 Å². The zero-order chi connectivity index (χ0) is 13.0. The van der Waals surface area contributed by atoms with E-state index in [1.807, 2.05) is 0 Å². The van der Waals surface area contributed by atoms with E-state index in [4.69, 9.17) is 5.11 Å². The highest BCUT2D eigenvalue weighted by Gasteiger charge is 2.26. The normalized spacial score (nSPS) is 15.2. The summed E-state index contributed by atoms with van der Waals surface area (Å²) in [7, 11) is 0. The van der Waals surface area contributed by atoms with Crippen molar-refractivity contribution in [1.29, 1.82) is 0 Å². The van der Waals surface area contributed by atoms with Crippen LogP contribution in [0.1, 0.15) is 35.3 Å². The second kappa shape index (κ2) is 6.26. The minimum atomic E-state index is -0.947. The van der Waals surface area contributed by atoms with Gasteiger partial charge in [-0.3, -0.25) is 4.90 Å². The Labute approximate surface area is 111 Å². The number of likely N-dealkylation sites (N-methyl/N-ethyl adjacent to an activating group) is 1. The summed E-state index contributed by atoms with van der Waals surface area (Å²) in [5.74, 6) is -0.947. The largest absolute Gasteiger partial charge is 0.476 e. The van der Waals surface area contributed by atoms with Gasteiger partial charge in [0.25, 0.3) is 0 Å². The fourth-order valence-electron chi connectivity index (χ4n) is 1.96. The van der Waals surface area contributed by atoms with Crippen LogP contribution in [0.2, 0.25) is 0 Å². The summed E-state index contributed by atoms with van der Waals surface area (Å²) in [4.78, 5) is 17.2. The highest BCUT2D eigenvalue weighted by atomic mass is 32.1. The maximum absolute atomic E-state index is 10.7. The van der Waals surface area contributed by atoms with Gasteiger partial charge >= 0.3 is 5.97 Å². The highest BCUT2D eigenvalue weighted by molar-refractivity contribution is 7.11. The molecule has 2 rings (SSSR count). The van der Waals surface area contributed by atoms with Gasteiger partial charge in [-0.05, 0) is 19.4 Å². The Morgan fingerprint density at radius 2 is 2.44 bits per heavy atom. The van der Waals surface area contributed by atoms with E-state index >= 15 is 0 Å². The molecule has 0 aromatic carbocycles. The molecule has 0 saturated heterocycles. The summed E-state index contributed by atoms with van der Waals surface area (Å²) in [6, 6.07) is 0.801. The molecule has 2 N–H and O–H groups in total. The molecule has 1 heterocycles. The fourth-order valence-corrected chi connectivity index (χ4v) is 2.62. The molecule has 0 bridgehead atoms. The van der Waals surface area contributed by atoms with E-state index in [9.17, 15) is 4.79 Å². The van der Waals surface area contributed by atoms with Crippen LogP contribution in [0.15, 0.2) is 5.38 Å². The molecule has 0 unspecified atom stereocenters. The Balaban J connectivity index is 1.66. The van der Waals surface area contributed by atoms with Gasteiger partial charge in [0.15, 0.2) is 0 Å². The van der Waals surface area contributed by atoms with Gasteiger partial charge in [-0.1, -0.05) is 6.92 Å². The van der Waals surface area contributed by atoms with E-state index in [1.165, 1.54) is 24.2 Å². The smallest absolute Gasteiger partial charge is 0.365 e. The number of nitrogens with zero attached hydrogens (tertiary/aromatic N) is 2. The SMILES string of the molecule is CCN(CCNCc1csc(C(=O)O)n1)C1CC1. The van der Waals surface area contributed by atoms with Gasteiger partial charge < -0.3 is 10.4 Å². The Kier molecular flexibility index (Phi) is 4.68. The van der Waals surface area contributed by atoms with Gasteiger partial charge in [0.05, 0.1) is 5.69 Å². The fraction of sp³-hybridized carbons (Fsp3) is 0.667. The number of rotatable bonds is 8. The first-order chi connectivity index (χ1) is 8.70. The van der Waals surface area contributed by atoms with Crippen molar-refractivity contribution in [1.82, 2.24) is 15.2 Å². The van der Waals surface area contributed by atoms with Gasteiger partial charge in [0.2, 0.25) is 5.01 Å². The summed E-state index contributed by atoms with van der Waals surface area (Å²) >= 11 is 1.18. The average molecular weight is 269 g/mol. The van der Waals surface area contributed by atoms with Crippen LogP contribution in [0.4, 0.5) is 0 Å². The van der Waals surface area contributed by atoms with Crippen molar-refractivity contribution in [2.24, 2.45) is 0 Å². The number of carboxylic acids is 1. The van der Waals surface area contributed by atoms with Crippen LogP contribution in [0.25, 0.3) is 0 Å². The van der Waals surface area contributed by atoms with Crippen molar-refractivity contribution in [2.45, 2.75) is 32.4 Å². The lowest BCUT2D eigenvalue weighted by atomic mass is 10.4. The number of hydrogen-bond acceptors (Lipinski definition) is 5. The van der Waals surface area contributed by atoms with Crippen molar-refractivity contribution < 1.29 is 9.90 Å². The van der Waals surface area contributed by atoms with Gasteiger partial charge in [-0.15, -0.1) is 11.3 Å². The van der Waals surface area contributed by atoms with Gasteiger partial charge in [-0.2, -0.15) is 0 Å². The number of aromatic carboxylic acids is 1. The molecule has 6 heteroatoms. The molecule has 5 nitrogen and oxygen atoms in total. The van der Waals surface area contributed by atoms with E-state index in [1.54, 1.807) is 5.38 Å². The van der Waals surface area contributed by atoms with Crippen molar-refractivity contribution in [3.63, 3.8) is 0 Å². The molecule has 1 aromatic heterocycles. The number of hydrogen-bond donors (Lipinski definition) is 2. The number of thiazole rings is 1. The molecule has 1 fully saturated rings. The number of carboxylic acid groups (broad SMARTS) is 1. The minimum absolute atomic E-state index is 0.167. The third-order valence-corrected chi connectivity index (χ3v) is 3.97. The monoisotopic (exact) mass is 269 g/mol. The second-order valence-corrected chi connectivity index (χ2v) is 5.34. The topological polar surface area (TPSA) is 65.5 Å². The van der Waals surface area contributed by atoms with Crippen LogP contribution in [0, 0.1) is 0 Å². The van der Waals surface area contributed by atoms with Gasteiger partial charge in [0, 0.05) is 31.1 Å². The lowest BCUT2D eigenvalue weighted by Gasteiger charge is -2.19. The average Bonchev–Trinajstić information content (AvgIpc) is 3.07. The molecule has 0 aliphatic heterocycles. The molecule has 1 saturated carbocycles. The predicted molar refractivity (Wildman–Crippen MR) is 71.0 cm³/mol. The maximum Gasteiger partial charge on any atom is 0.365 e. The lowest BCUT2D eigenvalue weighted by molar-refractivity contribution is 0.0696. The first-order valence-electron chi connectivity index (χ1n) is 6.33. The van der Waals surface area contributed by atoms with E-state index in [0.717, 1.165) is 31.4 Å². The zero-order valence-electron chi connectivity index (χ0n) is 10.6. The van der Waals surface area contributed by atoms with E-state index in [2.05, 4.69) is 22.1 Å². The van der Waals surface area contributed by atoms with E-state index in [-0.39, 0.29) is 5.01 Å². The number of carbonyl (C=O) groups is 1. The van der Waals surface area contributed by atoms with E-state index in [0.29, 0.717) is 6.54 Å². The zero-order valence-corrected chi connectivity index (χ0v) is 11.4. The van der Waals surface area contributed by atoms with Crippen LogP contribution in [-0.4, -0.2) is 46.6 Å². The molecule has 18 heavy (non-hydrogen) atoms. The summed E-state index contributed by atoms with van der Waals surface area (Å²) in [6.07, 6.45) is 2.67. The molecular weight excluding hydrogens is 250 g/mol. The molecule has 0 radical (unpaired) electrons. The van der Waals surface area contributed by atoms with Crippen molar-refractivity contribution >= 4 is 17.3 Å². The molecule has 1 aliphatic rings. The molecule has 1 aliphatic carbocycles. The van der Waals surface area contributed by atoms with Gasteiger partial charge in [0.1, 0.15) is 0 Å². The molecule has 0 spiro atoms. The first kappa shape index (κ1) is 13.5. The van der Waals surface area contributed by atoms with Crippen molar-refractivity contribution in [2.75, 3.05) is 19.6 Å². The molecular formula is C12H19N3O2S. The maximum atomic E-state index is 10.7. The summed E-state index contributed by atoms with van der Waals surface area (Å²) in [5, 5.41) is 14.0. The van der Waals surface area contributed by atoms with E-state index < -0.39 is 5.97 Å². The molecule has 0 amide bonds. The Morgan fingerprint density at radius 3 is 3.00 bits per heavy atom. The Bertz CT molecular complexity index is 404. The van der Waals surface area contributed by atoms with Crippen LogP contribution >= 0.6 is 11.3 Å². The number of nitrogens with one attached hydrogen (secondary N) is 1. The van der Waals surface area contributed by atoms with Crippen molar-refractivity contribution in [3.8, 4) is 0 Å². The predicted octanol–water partition coefficient (Wildman–Crippen LogP) is 1.42. The third-order valence-electron chi connectivity index (χ3n) is 3.09. The standard InChI is InChI=1S/C12H19N3O2S/c1-2-15(10-3-4-10)6-5-13-7-9-8-18-11(14-9)12(16)17/h8,10,13H,2-7H2,1H3,(H,16,17). The highest BCUT2D eigenvalue weighted by Crippen LogP contribution is 2.25. The molecule has 1 aromatic rings. The number of aromatic nitrogens is 1. The Hall–Kier alpha value is -0.980.